The molecule has 2 aromatic rings. The predicted octanol–water partition coefficient (Wildman–Crippen LogP) is 5.19. The molecule has 1 saturated carbocycles. The molecule has 1 fully saturated rings. The first-order valence-corrected chi connectivity index (χ1v) is 10.9. The van der Waals surface area contributed by atoms with Crippen LogP contribution in [0.4, 0.5) is 4.79 Å². The van der Waals surface area contributed by atoms with Gasteiger partial charge >= 0.3 is 12.1 Å². The number of hydrogen-bond acceptors (Lipinski definition) is 3. The third-order valence-electron chi connectivity index (χ3n) is 6.74. The molecule has 2 aliphatic carbocycles. The maximum atomic E-state index is 12.6. The normalized spacial score (nSPS) is 21.4. The van der Waals surface area contributed by atoms with E-state index in [1.807, 2.05) is 24.3 Å². The van der Waals surface area contributed by atoms with Crippen molar-refractivity contribution in [3.8, 4) is 11.1 Å². The van der Waals surface area contributed by atoms with Gasteiger partial charge in [0.1, 0.15) is 6.61 Å². The number of rotatable bonds is 6. The number of aliphatic carboxylic acids is 1. The number of fused-ring (bicyclic) bond motifs is 3. The first-order chi connectivity index (χ1) is 14.5. The van der Waals surface area contributed by atoms with Gasteiger partial charge in [-0.15, -0.1) is 0 Å². The van der Waals surface area contributed by atoms with Crippen molar-refractivity contribution in [1.29, 1.82) is 0 Å². The zero-order valence-electron chi connectivity index (χ0n) is 17.3. The Hall–Kier alpha value is -2.82. The lowest BCUT2D eigenvalue weighted by atomic mass is 9.75. The molecule has 0 spiro atoms. The minimum absolute atomic E-state index is 0.00493. The van der Waals surface area contributed by atoms with Gasteiger partial charge in [-0.05, 0) is 40.5 Å². The Bertz CT molecular complexity index is 879. The van der Waals surface area contributed by atoms with Crippen LogP contribution >= 0.6 is 0 Å². The highest BCUT2D eigenvalue weighted by molar-refractivity contribution is 5.79. The van der Waals surface area contributed by atoms with Crippen LogP contribution in [0, 0.1) is 11.8 Å². The summed E-state index contributed by atoms with van der Waals surface area (Å²) in [5.74, 6) is -0.321. The molecule has 2 N–H and O–H groups in total. The summed E-state index contributed by atoms with van der Waals surface area (Å²) in [6.07, 6.45) is 3.68. The average molecular weight is 408 g/mol. The molecule has 30 heavy (non-hydrogen) atoms. The number of carboxylic acids is 1. The molecular formula is C25H29NO4. The van der Waals surface area contributed by atoms with Crippen LogP contribution < -0.4 is 5.32 Å². The highest BCUT2D eigenvalue weighted by Gasteiger charge is 2.33. The highest BCUT2D eigenvalue weighted by atomic mass is 16.5. The number of carbonyl (C=O) groups excluding carboxylic acids is 1. The number of nitrogens with one attached hydrogen (secondary N) is 1. The minimum atomic E-state index is -0.892. The van der Waals surface area contributed by atoms with E-state index in [1.165, 1.54) is 17.5 Å². The lowest BCUT2D eigenvalue weighted by Crippen LogP contribution is -2.45. The van der Waals surface area contributed by atoms with Gasteiger partial charge in [0.05, 0.1) is 6.42 Å². The van der Waals surface area contributed by atoms with Crippen molar-refractivity contribution in [1.82, 2.24) is 5.32 Å². The Kier molecular flexibility index (Phi) is 6.07. The van der Waals surface area contributed by atoms with Crippen LogP contribution in [0.3, 0.4) is 0 Å². The molecule has 0 heterocycles. The number of alkyl carbamates (subject to hydrolysis) is 1. The summed E-state index contributed by atoms with van der Waals surface area (Å²) in [5.41, 5.74) is 4.69. The van der Waals surface area contributed by atoms with Crippen molar-refractivity contribution in [3.63, 3.8) is 0 Å². The van der Waals surface area contributed by atoms with Gasteiger partial charge in [0.2, 0.25) is 0 Å². The number of carboxylic acid groups (broad SMARTS) is 1. The van der Waals surface area contributed by atoms with E-state index in [0.717, 1.165) is 30.4 Å². The Morgan fingerprint density at radius 2 is 1.63 bits per heavy atom. The number of ether oxygens (including phenoxy) is 1. The molecule has 2 aliphatic rings. The first kappa shape index (κ1) is 20.5. The Balaban J connectivity index is 1.44. The maximum absolute atomic E-state index is 12.6. The second-order valence-corrected chi connectivity index (χ2v) is 8.60. The molecule has 0 aromatic heterocycles. The van der Waals surface area contributed by atoms with Gasteiger partial charge in [-0.25, -0.2) is 4.79 Å². The fourth-order valence-electron chi connectivity index (χ4n) is 5.23. The number of amides is 1. The monoisotopic (exact) mass is 407 g/mol. The fourth-order valence-corrected chi connectivity index (χ4v) is 5.23. The summed E-state index contributed by atoms with van der Waals surface area (Å²) in [7, 11) is 0. The predicted molar refractivity (Wildman–Crippen MR) is 115 cm³/mol. The van der Waals surface area contributed by atoms with E-state index < -0.39 is 18.1 Å². The van der Waals surface area contributed by atoms with E-state index in [2.05, 4.69) is 36.5 Å². The van der Waals surface area contributed by atoms with Crippen LogP contribution in [0.25, 0.3) is 11.1 Å². The van der Waals surface area contributed by atoms with Gasteiger partial charge in [0.15, 0.2) is 0 Å². The quantitative estimate of drug-likeness (QED) is 0.691. The van der Waals surface area contributed by atoms with Gasteiger partial charge in [-0.1, -0.05) is 74.7 Å². The minimum Gasteiger partial charge on any atom is -0.481 e. The van der Waals surface area contributed by atoms with Crippen molar-refractivity contribution in [2.75, 3.05) is 6.61 Å². The third kappa shape index (κ3) is 4.20. The van der Waals surface area contributed by atoms with Crippen LogP contribution in [-0.4, -0.2) is 29.8 Å². The van der Waals surface area contributed by atoms with E-state index in [0.29, 0.717) is 5.92 Å². The largest absolute Gasteiger partial charge is 0.481 e. The standard InChI is InChI=1S/C25H29NO4/c1-16-8-2-3-9-17(16)23(14-24(27)28)26-25(29)30-15-22-20-12-6-4-10-18(20)19-11-5-7-13-21(19)22/h4-7,10-13,16-17,22-23H,2-3,8-9,14-15H2,1H3,(H,26,29)(H,27,28). The third-order valence-corrected chi connectivity index (χ3v) is 6.74. The molecule has 0 saturated heterocycles. The zero-order valence-corrected chi connectivity index (χ0v) is 17.3. The van der Waals surface area contributed by atoms with Crippen LogP contribution in [0.15, 0.2) is 48.5 Å². The average Bonchev–Trinajstić information content (AvgIpc) is 3.06. The molecule has 0 aliphatic heterocycles. The molecule has 0 bridgehead atoms. The molecule has 1 amide bonds. The van der Waals surface area contributed by atoms with Gasteiger partial charge in [0.25, 0.3) is 0 Å². The Morgan fingerprint density at radius 1 is 1.03 bits per heavy atom. The zero-order chi connectivity index (χ0) is 21.1. The van der Waals surface area contributed by atoms with E-state index in [-0.39, 0.29) is 24.9 Å². The number of carbonyl (C=O) groups is 2. The topological polar surface area (TPSA) is 75.6 Å². The van der Waals surface area contributed by atoms with Gasteiger partial charge in [-0.3, -0.25) is 4.79 Å². The molecule has 0 radical (unpaired) electrons. The van der Waals surface area contributed by atoms with Gasteiger partial charge in [0, 0.05) is 12.0 Å². The van der Waals surface area contributed by atoms with Crippen molar-refractivity contribution in [2.45, 2.75) is 51.0 Å². The molecule has 158 valence electrons. The second kappa shape index (κ2) is 8.90. The SMILES string of the molecule is CC1CCCCC1C(CC(=O)O)NC(=O)OCC1c2ccccc2-c2ccccc21. The molecule has 3 atom stereocenters. The maximum Gasteiger partial charge on any atom is 0.407 e. The fraction of sp³-hybridized carbons (Fsp3) is 0.440. The molecule has 5 heteroatoms. The van der Waals surface area contributed by atoms with Crippen LogP contribution in [0.1, 0.15) is 56.1 Å². The molecule has 5 nitrogen and oxygen atoms in total. The number of benzene rings is 2. The van der Waals surface area contributed by atoms with Gasteiger partial charge < -0.3 is 15.2 Å². The summed E-state index contributed by atoms with van der Waals surface area (Å²) in [5, 5.41) is 12.2. The summed E-state index contributed by atoms with van der Waals surface area (Å²) >= 11 is 0. The van der Waals surface area contributed by atoms with Crippen LogP contribution in [0.5, 0.6) is 0 Å². The van der Waals surface area contributed by atoms with Crippen molar-refractivity contribution < 1.29 is 19.4 Å². The van der Waals surface area contributed by atoms with E-state index >= 15 is 0 Å². The molecule has 3 unspecified atom stereocenters. The molecule has 4 rings (SSSR count). The number of hydrogen-bond donors (Lipinski definition) is 2. The first-order valence-electron chi connectivity index (χ1n) is 10.9. The molecule has 2 aromatic carbocycles. The van der Waals surface area contributed by atoms with Gasteiger partial charge in [-0.2, -0.15) is 0 Å². The lowest BCUT2D eigenvalue weighted by Gasteiger charge is -2.35. The molecular weight excluding hydrogens is 378 g/mol. The van der Waals surface area contributed by atoms with E-state index in [4.69, 9.17) is 4.74 Å². The lowest BCUT2D eigenvalue weighted by molar-refractivity contribution is -0.138. The van der Waals surface area contributed by atoms with Crippen LogP contribution in [-0.2, 0) is 9.53 Å². The van der Waals surface area contributed by atoms with Crippen molar-refractivity contribution in [3.05, 3.63) is 59.7 Å². The summed E-state index contributed by atoms with van der Waals surface area (Å²) in [6, 6.07) is 16.0. The second-order valence-electron chi connectivity index (χ2n) is 8.60. The smallest absolute Gasteiger partial charge is 0.407 e. The van der Waals surface area contributed by atoms with Crippen molar-refractivity contribution >= 4 is 12.1 Å². The highest BCUT2D eigenvalue weighted by Crippen LogP contribution is 2.44. The Labute approximate surface area is 177 Å². The van der Waals surface area contributed by atoms with Crippen LogP contribution in [0.2, 0.25) is 0 Å². The van der Waals surface area contributed by atoms with E-state index in [1.54, 1.807) is 0 Å². The van der Waals surface area contributed by atoms with E-state index in [9.17, 15) is 14.7 Å². The summed E-state index contributed by atoms with van der Waals surface area (Å²) < 4.78 is 5.63. The summed E-state index contributed by atoms with van der Waals surface area (Å²) in [4.78, 5) is 24.0. The van der Waals surface area contributed by atoms with Crippen molar-refractivity contribution in [2.24, 2.45) is 11.8 Å². The summed E-state index contributed by atoms with van der Waals surface area (Å²) in [6.45, 7) is 2.39. The Morgan fingerprint density at radius 3 is 2.23 bits per heavy atom.